The van der Waals surface area contributed by atoms with Gasteiger partial charge in [0, 0.05) is 13.0 Å². The molecule has 3 saturated carbocycles. The molecule has 0 bridgehead atoms. The summed E-state index contributed by atoms with van der Waals surface area (Å²) >= 11 is 0. The number of unbranched alkanes of at least 4 members (excludes halogenated alkanes) is 7. The largest absolute Gasteiger partial charge is 0.461 e. The Morgan fingerprint density at radius 1 is 0.875 bits per heavy atom. The molecular formula is C41H72N2O3S2. The van der Waals surface area contributed by atoms with Crippen LogP contribution in [0, 0.1) is 46.3 Å². The third-order valence-corrected chi connectivity index (χ3v) is 15.6. The molecule has 1 unspecified atom stereocenters. The molecule has 0 aromatic carbocycles. The first-order valence-corrected chi connectivity index (χ1v) is 22.7. The fourth-order valence-electron chi connectivity index (χ4n) is 10.8. The number of nitrogens with one attached hydrogen (secondary N) is 1. The SMILES string of the molecule is CC(C)CCCC(C)[C@H]1CC[C@H]2[C@@H]3CC=C4C[C@@H](OC(=O)CSSCC(=O)NCCCCCCCCCCN)CC[C@]4(C)[C@H]3CC[C@]12C. The highest BCUT2D eigenvalue weighted by atomic mass is 33.1. The number of amides is 1. The Bertz CT molecular complexity index is 1040. The minimum atomic E-state index is -0.133. The van der Waals surface area contributed by atoms with Crippen molar-refractivity contribution in [2.24, 2.45) is 52.1 Å². The van der Waals surface area contributed by atoms with Crippen LogP contribution in [0.15, 0.2) is 11.6 Å². The molecule has 8 atom stereocenters. The van der Waals surface area contributed by atoms with Gasteiger partial charge in [0.15, 0.2) is 0 Å². The minimum absolute atomic E-state index is 0.00428. The van der Waals surface area contributed by atoms with E-state index in [1.807, 2.05) is 0 Å². The van der Waals surface area contributed by atoms with Gasteiger partial charge in [-0.05, 0) is 111 Å². The molecule has 0 heterocycles. The Balaban J connectivity index is 1.12. The molecule has 3 fully saturated rings. The van der Waals surface area contributed by atoms with E-state index in [2.05, 4.69) is 46.0 Å². The monoisotopic (exact) mass is 704 g/mol. The van der Waals surface area contributed by atoms with Gasteiger partial charge >= 0.3 is 5.97 Å². The van der Waals surface area contributed by atoms with Crippen molar-refractivity contribution in [1.29, 1.82) is 0 Å². The molecule has 0 aromatic heterocycles. The van der Waals surface area contributed by atoms with Crippen LogP contribution < -0.4 is 11.1 Å². The van der Waals surface area contributed by atoms with Crippen molar-refractivity contribution >= 4 is 33.5 Å². The number of hydrogen-bond acceptors (Lipinski definition) is 6. The predicted octanol–water partition coefficient (Wildman–Crippen LogP) is 10.5. The molecule has 7 heteroatoms. The number of esters is 1. The predicted molar refractivity (Wildman–Crippen MR) is 207 cm³/mol. The normalized spacial score (nSPS) is 31.8. The van der Waals surface area contributed by atoms with Crippen molar-refractivity contribution in [2.75, 3.05) is 24.6 Å². The number of ether oxygens (including phenoxy) is 1. The molecule has 0 aliphatic heterocycles. The first-order valence-electron chi connectivity index (χ1n) is 20.2. The van der Waals surface area contributed by atoms with Crippen LogP contribution in [0.2, 0.25) is 0 Å². The molecule has 1 amide bonds. The molecule has 276 valence electrons. The summed E-state index contributed by atoms with van der Waals surface area (Å²) in [5.74, 6) is 5.68. The van der Waals surface area contributed by atoms with Gasteiger partial charge in [0.2, 0.25) is 5.91 Å². The van der Waals surface area contributed by atoms with E-state index >= 15 is 0 Å². The van der Waals surface area contributed by atoms with Crippen LogP contribution in [0.3, 0.4) is 0 Å². The van der Waals surface area contributed by atoms with Crippen molar-refractivity contribution in [3.05, 3.63) is 11.6 Å². The first kappa shape index (κ1) is 40.1. The van der Waals surface area contributed by atoms with Crippen LogP contribution in [-0.2, 0) is 14.3 Å². The molecule has 48 heavy (non-hydrogen) atoms. The zero-order chi connectivity index (χ0) is 34.6. The molecular weight excluding hydrogens is 633 g/mol. The molecule has 5 nitrogen and oxygen atoms in total. The second-order valence-electron chi connectivity index (χ2n) is 17.1. The quantitative estimate of drug-likeness (QED) is 0.0536. The molecule has 3 N–H and O–H groups in total. The Hall–Kier alpha value is -0.660. The lowest BCUT2D eigenvalue weighted by atomic mass is 9.47. The second kappa shape index (κ2) is 19.8. The Labute approximate surface area is 303 Å². The van der Waals surface area contributed by atoms with E-state index in [0.29, 0.717) is 16.9 Å². The van der Waals surface area contributed by atoms with Gasteiger partial charge in [-0.2, -0.15) is 0 Å². The summed E-state index contributed by atoms with van der Waals surface area (Å²) in [6, 6.07) is 0. The third-order valence-electron chi connectivity index (χ3n) is 13.5. The van der Waals surface area contributed by atoms with Crippen LogP contribution in [0.5, 0.6) is 0 Å². The number of carbonyl (C=O) groups is 2. The average molecular weight is 705 g/mol. The van der Waals surface area contributed by atoms with Gasteiger partial charge in [0.25, 0.3) is 0 Å². The second-order valence-corrected chi connectivity index (χ2v) is 19.6. The Kier molecular flexibility index (Phi) is 16.6. The topological polar surface area (TPSA) is 81.4 Å². The van der Waals surface area contributed by atoms with E-state index in [9.17, 15) is 9.59 Å². The number of rotatable bonds is 21. The number of fused-ring (bicyclic) bond motifs is 5. The standard InChI is InChI=1S/C41H72N2O3S2/c1-30(2)15-14-16-31(3)35-19-20-36-34-18-17-32-27-33(21-23-40(32,4)37(34)22-24-41(35,36)5)46-39(45)29-48-47-28-38(44)43-26-13-11-9-7-6-8-10-12-25-42/h17,30-31,33-37H,6-16,18-29,42H2,1-5H3,(H,43,44)/t31?,33-,34-,35+,36-,37-,40-,41+/m0/s1. The van der Waals surface area contributed by atoms with Gasteiger partial charge < -0.3 is 15.8 Å². The molecule has 0 saturated heterocycles. The van der Waals surface area contributed by atoms with Crippen molar-refractivity contribution in [1.82, 2.24) is 5.32 Å². The maximum absolute atomic E-state index is 12.8. The summed E-state index contributed by atoms with van der Waals surface area (Å²) in [6.45, 7) is 14.1. The van der Waals surface area contributed by atoms with Gasteiger partial charge in [-0.25, -0.2) is 0 Å². The Morgan fingerprint density at radius 3 is 2.31 bits per heavy atom. The van der Waals surface area contributed by atoms with E-state index < -0.39 is 0 Å². The number of hydrogen-bond donors (Lipinski definition) is 2. The summed E-state index contributed by atoms with van der Waals surface area (Å²) < 4.78 is 6.02. The summed E-state index contributed by atoms with van der Waals surface area (Å²) in [5, 5.41) is 3.03. The van der Waals surface area contributed by atoms with Crippen LogP contribution in [0.4, 0.5) is 0 Å². The van der Waals surface area contributed by atoms with Gasteiger partial charge in [-0.15, -0.1) is 0 Å². The smallest absolute Gasteiger partial charge is 0.317 e. The van der Waals surface area contributed by atoms with Crippen molar-refractivity contribution < 1.29 is 14.3 Å². The van der Waals surface area contributed by atoms with Crippen LogP contribution >= 0.6 is 21.6 Å². The molecule has 4 rings (SSSR count). The highest BCUT2D eigenvalue weighted by Gasteiger charge is 2.59. The highest BCUT2D eigenvalue weighted by Crippen LogP contribution is 2.67. The summed E-state index contributed by atoms with van der Waals surface area (Å²) in [4.78, 5) is 25.0. The number of carbonyl (C=O) groups excluding carboxylic acids is 2. The van der Waals surface area contributed by atoms with E-state index in [0.717, 1.165) is 80.7 Å². The maximum Gasteiger partial charge on any atom is 0.317 e. The summed E-state index contributed by atoms with van der Waals surface area (Å²) in [7, 11) is 2.91. The van der Waals surface area contributed by atoms with E-state index in [-0.39, 0.29) is 23.4 Å². The summed E-state index contributed by atoms with van der Waals surface area (Å²) in [5.41, 5.74) is 7.92. The van der Waals surface area contributed by atoms with Crippen molar-refractivity contribution in [3.8, 4) is 0 Å². The van der Waals surface area contributed by atoms with Crippen molar-refractivity contribution in [3.63, 3.8) is 0 Å². The van der Waals surface area contributed by atoms with Gasteiger partial charge in [0.05, 0.1) is 5.75 Å². The minimum Gasteiger partial charge on any atom is -0.461 e. The van der Waals surface area contributed by atoms with E-state index in [1.54, 1.807) is 5.57 Å². The van der Waals surface area contributed by atoms with Crippen molar-refractivity contribution in [2.45, 2.75) is 163 Å². The molecule has 0 spiro atoms. The average Bonchev–Trinajstić information content (AvgIpc) is 3.41. The molecule has 4 aliphatic carbocycles. The lowest BCUT2D eigenvalue weighted by Gasteiger charge is -2.58. The molecule has 0 radical (unpaired) electrons. The van der Waals surface area contributed by atoms with E-state index in [4.69, 9.17) is 10.5 Å². The molecule has 4 aliphatic rings. The lowest BCUT2D eigenvalue weighted by molar-refractivity contribution is -0.148. The zero-order valence-corrected chi connectivity index (χ0v) is 33.1. The summed E-state index contributed by atoms with van der Waals surface area (Å²) in [6.07, 6.45) is 26.4. The van der Waals surface area contributed by atoms with Gasteiger partial charge in [-0.1, -0.05) is 126 Å². The first-order chi connectivity index (χ1) is 23.1. The van der Waals surface area contributed by atoms with Crippen LogP contribution in [0.1, 0.15) is 157 Å². The van der Waals surface area contributed by atoms with Gasteiger partial charge in [0.1, 0.15) is 11.9 Å². The van der Waals surface area contributed by atoms with E-state index in [1.165, 1.54) is 111 Å². The van der Waals surface area contributed by atoms with Crippen LogP contribution in [-0.4, -0.2) is 42.6 Å². The highest BCUT2D eigenvalue weighted by molar-refractivity contribution is 8.77. The fraction of sp³-hybridized carbons (Fsp3) is 0.902. The fourth-order valence-corrected chi connectivity index (χ4v) is 12.4. The zero-order valence-electron chi connectivity index (χ0n) is 31.5. The lowest BCUT2D eigenvalue weighted by Crippen LogP contribution is -2.51. The maximum atomic E-state index is 12.8. The number of nitrogens with two attached hydrogens (primary N) is 1. The third kappa shape index (κ3) is 10.9. The Morgan fingerprint density at radius 2 is 1.58 bits per heavy atom. The van der Waals surface area contributed by atoms with Gasteiger partial charge in [-0.3, -0.25) is 9.59 Å². The molecule has 0 aromatic rings. The van der Waals surface area contributed by atoms with Crippen LogP contribution in [0.25, 0.3) is 0 Å². The number of allylic oxidation sites excluding steroid dienone is 1.